The van der Waals surface area contributed by atoms with Crippen LogP contribution in [0.1, 0.15) is 13.3 Å². The van der Waals surface area contributed by atoms with Gasteiger partial charge in [-0.05, 0) is 45.1 Å². The van der Waals surface area contributed by atoms with Crippen LogP contribution < -0.4 is 11.1 Å². The number of carbonyl (C=O) groups excluding carboxylic acids is 1. The number of nitrogens with two attached hydrogens (primary N) is 1. The van der Waals surface area contributed by atoms with Crippen LogP contribution in [0.3, 0.4) is 0 Å². The summed E-state index contributed by atoms with van der Waals surface area (Å²) in [6.07, 6.45) is 1.05. The lowest BCUT2D eigenvalue weighted by atomic mass is 10.2. The second kappa shape index (κ2) is 6.87. The number of carbonyl (C=O) groups is 1. The molecule has 1 atom stereocenters. The first-order valence-corrected chi connectivity index (χ1v) is 7.23. The van der Waals surface area contributed by atoms with Crippen LogP contribution in [0.2, 0.25) is 0 Å². The minimum Gasteiger partial charge on any atom is -0.396 e. The van der Waals surface area contributed by atoms with Crippen LogP contribution in [0, 0.1) is 5.82 Å². The summed E-state index contributed by atoms with van der Waals surface area (Å²) in [5.74, 6) is -0.574. The third kappa shape index (κ3) is 4.41. The number of rotatable bonds is 3. The van der Waals surface area contributed by atoms with Gasteiger partial charge >= 0.3 is 0 Å². The number of hydrogen-bond acceptors (Lipinski definition) is 4. The molecule has 0 aromatic heterocycles. The summed E-state index contributed by atoms with van der Waals surface area (Å²) in [6.45, 7) is 5.38. The SMILES string of the molecule is CC1CN(C)CCCN1CC(=O)Nc1ccc(F)c(N)c1. The van der Waals surface area contributed by atoms with Gasteiger partial charge in [-0.3, -0.25) is 9.69 Å². The van der Waals surface area contributed by atoms with E-state index < -0.39 is 5.82 Å². The van der Waals surface area contributed by atoms with E-state index in [1.165, 1.54) is 18.2 Å². The van der Waals surface area contributed by atoms with Crippen molar-refractivity contribution in [3.63, 3.8) is 0 Å². The predicted octanol–water partition coefficient (Wildman–Crippen LogP) is 1.37. The molecule has 0 radical (unpaired) electrons. The van der Waals surface area contributed by atoms with Gasteiger partial charge in [0.15, 0.2) is 0 Å². The average Bonchev–Trinajstić information content (AvgIpc) is 2.56. The van der Waals surface area contributed by atoms with Crippen molar-refractivity contribution in [2.45, 2.75) is 19.4 Å². The number of amides is 1. The van der Waals surface area contributed by atoms with Crippen molar-refractivity contribution >= 4 is 17.3 Å². The zero-order valence-electron chi connectivity index (χ0n) is 12.6. The van der Waals surface area contributed by atoms with Crippen molar-refractivity contribution in [3.05, 3.63) is 24.0 Å². The predicted molar refractivity (Wildman–Crippen MR) is 82.6 cm³/mol. The van der Waals surface area contributed by atoms with E-state index >= 15 is 0 Å². The van der Waals surface area contributed by atoms with Crippen molar-refractivity contribution < 1.29 is 9.18 Å². The van der Waals surface area contributed by atoms with Crippen molar-refractivity contribution in [2.75, 3.05) is 44.3 Å². The lowest BCUT2D eigenvalue weighted by Crippen LogP contribution is -2.42. The van der Waals surface area contributed by atoms with E-state index in [4.69, 9.17) is 5.73 Å². The third-order valence-corrected chi connectivity index (χ3v) is 3.81. The first kappa shape index (κ1) is 15.7. The molecule has 1 unspecified atom stereocenters. The summed E-state index contributed by atoms with van der Waals surface area (Å²) >= 11 is 0. The molecular weight excluding hydrogens is 271 g/mol. The molecule has 1 aromatic carbocycles. The number of nitrogens with zero attached hydrogens (tertiary/aromatic N) is 2. The molecule has 0 aliphatic carbocycles. The first-order chi connectivity index (χ1) is 9.95. The molecule has 116 valence electrons. The fraction of sp³-hybridized carbons (Fsp3) is 0.533. The van der Waals surface area contributed by atoms with Gasteiger partial charge < -0.3 is 16.0 Å². The molecule has 5 nitrogen and oxygen atoms in total. The Morgan fingerprint density at radius 3 is 2.95 bits per heavy atom. The molecule has 0 saturated carbocycles. The van der Waals surface area contributed by atoms with E-state index in [2.05, 4.69) is 29.1 Å². The summed E-state index contributed by atoms with van der Waals surface area (Å²) < 4.78 is 13.1. The van der Waals surface area contributed by atoms with Crippen LogP contribution in [0.5, 0.6) is 0 Å². The molecule has 1 aromatic rings. The first-order valence-electron chi connectivity index (χ1n) is 7.23. The standard InChI is InChI=1S/C15H23FN4O/c1-11-9-19(2)6-3-7-20(11)10-15(21)18-12-4-5-13(16)14(17)8-12/h4-5,8,11H,3,6-7,9-10,17H2,1-2H3,(H,18,21). The van der Waals surface area contributed by atoms with Gasteiger partial charge in [0.2, 0.25) is 5.91 Å². The van der Waals surface area contributed by atoms with Crippen molar-refractivity contribution in [3.8, 4) is 0 Å². The van der Waals surface area contributed by atoms with E-state index in [0.29, 0.717) is 18.3 Å². The monoisotopic (exact) mass is 294 g/mol. The highest BCUT2D eigenvalue weighted by atomic mass is 19.1. The highest BCUT2D eigenvalue weighted by molar-refractivity contribution is 5.92. The lowest BCUT2D eigenvalue weighted by Gasteiger charge is -2.27. The lowest BCUT2D eigenvalue weighted by molar-refractivity contribution is -0.117. The summed E-state index contributed by atoms with van der Waals surface area (Å²) in [4.78, 5) is 16.6. The van der Waals surface area contributed by atoms with Gasteiger partial charge in [0.1, 0.15) is 5.82 Å². The third-order valence-electron chi connectivity index (χ3n) is 3.81. The molecule has 1 fully saturated rings. The molecule has 1 heterocycles. The Kier molecular flexibility index (Phi) is 5.14. The maximum Gasteiger partial charge on any atom is 0.238 e. The van der Waals surface area contributed by atoms with E-state index in [-0.39, 0.29) is 11.6 Å². The Morgan fingerprint density at radius 2 is 2.24 bits per heavy atom. The second-order valence-electron chi connectivity index (χ2n) is 5.72. The largest absolute Gasteiger partial charge is 0.396 e. The quantitative estimate of drug-likeness (QED) is 0.827. The fourth-order valence-electron chi connectivity index (χ4n) is 2.66. The smallest absolute Gasteiger partial charge is 0.238 e. The number of benzene rings is 1. The van der Waals surface area contributed by atoms with Crippen LogP contribution in [-0.2, 0) is 4.79 Å². The van der Waals surface area contributed by atoms with Crippen LogP contribution in [-0.4, -0.2) is 55.0 Å². The number of nitrogens with one attached hydrogen (secondary N) is 1. The molecule has 3 N–H and O–H groups in total. The number of halogens is 1. The number of likely N-dealkylation sites (N-methyl/N-ethyl adjacent to an activating group) is 1. The second-order valence-corrected chi connectivity index (χ2v) is 5.72. The number of anilines is 2. The van der Waals surface area contributed by atoms with Crippen LogP contribution in [0.25, 0.3) is 0 Å². The highest BCUT2D eigenvalue weighted by Crippen LogP contribution is 2.16. The van der Waals surface area contributed by atoms with E-state index in [0.717, 1.165) is 26.1 Å². The summed E-state index contributed by atoms with van der Waals surface area (Å²) in [6, 6.07) is 4.55. The molecule has 6 heteroatoms. The summed E-state index contributed by atoms with van der Waals surface area (Å²) in [7, 11) is 2.10. The molecule has 0 spiro atoms. The van der Waals surface area contributed by atoms with Gasteiger partial charge in [0, 0.05) is 24.8 Å². The minimum atomic E-state index is -0.475. The summed E-state index contributed by atoms with van der Waals surface area (Å²) in [5.41, 5.74) is 6.06. The van der Waals surface area contributed by atoms with Gasteiger partial charge in [-0.25, -0.2) is 4.39 Å². The van der Waals surface area contributed by atoms with Gasteiger partial charge in [-0.1, -0.05) is 0 Å². The van der Waals surface area contributed by atoms with Gasteiger partial charge in [-0.15, -0.1) is 0 Å². The highest BCUT2D eigenvalue weighted by Gasteiger charge is 2.21. The Labute approximate surface area is 124 Å². The molecule has 1 aliphatic rings. The molecular formula is C15H23FN4O. The Morgan fingerprint density at radius 1 is 1.48 bits per heavy atom. The van der Waals surface area contributed by atoms with Crippen LogP contribution in [0.4, 0.5) is 15.8 Å². The zero-order valence-corrected chi connectivity index (χ0v) is 12.6. The van der Waals surface area contributed by atoms with Gasteiger partial charge in [0.25, 0.3) is 0 Å². The van der Waals surface area contributed by atoms with E-state index in [1.54, 1.807) is 0 Å². The summed E-state index contributed by atoms with van der Waals surface area (Å²) in [5, 5.41) is 2.77. The van der Waals surface area contributed by atoms with Crippen LogP contribution >= 0.6 is 0 Å². The fourth-order valence-corrected chi connectivity index (χ4v) is 2.66. The van der Waals surface area contributed by atoms with Crippen molar-refractivity contribution in [1.29, 1.82) is 0 Å². The molecule has 0 bridgehead atoms. The molecule has 2 rings (SSSR count). The minimum absolute atomic E-state index is 0.0394. The topological polar surface area (TPSA) is 61.6 Å². The molecule has 21 heavy (non-hydrogen) atoms. The Hall–Kier alpha value is -1.66. The number of hydrogen-bond donors (Lipinski definition) is 2. The van der Waals surface area contributed by atoms with E-state index in [1.807, 2.05) is 0 Å². The van der Waals surface area contributed by atoms with Gasteiger partial charge in [0.05, 0.1) is 12.2 Å². The maximum atomic E-state index is 13.1. The average molecular weight is 294 g/mol. The molecule has 1 saturated heterocycles. The van der Waals surface area contributed by atoms with Crippen LogP contribution in [0.15, 0.2) is 18.2 Å². The zero-order chi connectivity index (χ0) is 15.4. The maximum absolute atomic E-state index is 13.1. The Bertz CT molecular complexity index is 508. The molecule has 1 aliphatic heterocycles. The van der Waals surface area contributed by atoms with E-state index in [9.17, 15) is 9.18 Å². The van der Waals surface area contributed by atoms with Crippen molar-refractivity contribution in [2.24, 2.45) is 0 Å². The Balaban J connectivity index is 1.92. The number of nitrogen functional groups attached to an aromatic ring is 1. The molecule has 1 amide bonds. The normalized spacial score (nSPS) is 21.0. The van der Waals surface area contributed by atoms with Gasteiger partial charge in [-0.2, -0.15) is 0 Å². The van der Waals surface area contributed by atoms with Crippen molar-refractivity contribution in [1.82, 2.24) is 9.80 Å².